The van der Waals surface area contributed by atoms with Crippen molar-refractivity contribution in [2.75, 3.05) is 19.7 Å². The maximum atomic E-state index is 6.32. The molecule has 2 aromatic rings. The molecule has 1 saturated heterocycles. The third-order valence-electron chi connectivity index (χ3n) is 5.67. The van der Waals surface area contributed by atoms with Crippen LogP contribution in [0.2, 0.25) is 0 Å². The largest absolute Gasteiger partial charge is 0.491 e. The van der Waals surface area contributed by atoms with E-state index in [1.54, 1.807) is 0 Å². The van der Waals surface area contributed by atoms with E-state index in [1.165, 1.54) is 42.5 Å². The van der Waals surface area contributed by atoms with Crippen LogP contribution in [0, 0.1) is 6.92 Å². The van der Waals surface area contributed by atoms with Gasteiger partial charge >= 0.3 is 0 Å². The quantitative estimate of drug-likeness (QED) is 0.690. The summed E-state index contributed by atoms with van der Waals surface area (Å²) in [5, 5.41) is 0. The highest BCUT2D eigenvalue weighted by molar-refractivity contribution is 5.85. The molecule has 4 rings (SSSR count). The molecule has 0 unspecified atom stereocenters. The third-order valence-corrected chi connectivity index (χ3v) is 5.67. The molecule has 2 aliphatic rings. The molecule has 0 spiro atoms. The van der Waals surface area contributed by atoms with Crippen LogP contribution < -0.4 is 9.47 Å². The molecule has 3 nitrogen and oxygen atoms in total. The van der Waals surface area contributed by atoms with Crippen LogP contribution in [0.15, 0.2) is 42.5 Å². The predicted octanol–water partition coefficient (Wildman–Crippen LogP) is 5.35. The van der Waals surface area contributed by atoms with Crippen LogP contribution in [0.25, 0.3) is 0 Å². The fourth-order valence-corrected chi connectivity index (χ4v) is 4.50. The number of likely N-dealkylation sites (tertiary alicyclic amines) is 1. The van der Waals surface area contributed by atoms with E-state index in [0.29, 0.717) is 18.6 Å². The lowest BCUT2D eigenvalue weighted by atomic mass is 9.81. The molecule has 0 bridgehead atoms. The Morgan fingerprint density at radius 2 is 2.00 bits per heavy atom. The van der Waals surface area contributed by atoms with Gasteiger partial charge in [0.2, 0.25) is 0 Å². The highest BCUT2D eigenvalue weighted by Gasteiger charge is 2.39. The molecule has 2 atom stereocenters. The van der Waals surface area contributed by atoms with E-state index in [9.17, 15) is 0 Å². The summed E-state index contributed by atoms with van der Waals surface area (Å²) in [6, 6.07) is 15.3. The zero-order chi connectivity index (χ0) is 17.9. The molecule has 2 aliphatic heterocycles. The molecular formula is C23H30ClNO2. The van der Waals surface area contributed by atoms with Gasteiger partial charge in [0.1, 0.15) is 24.7 Å². The molecule has 0 aromatic heterocycles. The monoisotopic (exact) mass is 387 g/mol. The van der Waals surface area contributed by atoms with Crippen LogP contribution in [0.3, 0.4) is 0 Å². The van der Waals surface area contributed by atoms with E-state index in [4.69, 9.17) is 9.47 Å². The number of ether oxygens (including phenoxy) is 2. The third kappa shape index (κ3) is 4.25. The van der Waals surface area contributed by atoms with Crippen molar-refractivity contribution in [2.45, 2.75) is 51.7 Å². The van der Waals surface area contributed by atoms with Gasteiger partial charge in [-0.05, 0) is 62.5 Å². The van der Waals surface area contributed by atoms with Gasteiger partial charge in [0.05, 0.1) is 6.04 Å². The zero-order valence-corrected chi connectivity index (χ0v) is 17.1. The summed E-state index contributed by atoms with van der Waals surface area (Å²) in [6.07, 6.45) is 3.68. The molecule has 0 saturated carbocycles. The van der Waals surface area contributed by atoms with Crippen molar-refractivity contribution in [1.29, 1.82) is 0 Å². The number of halogens is 1. The summed E-state index contributed by atoms with van der Waals surface area (Å²) in [5.41, 5.74) is 3.70. The van der Waals surface area contributed by atoms with Crippen molar-refractivity contribution in [3.8, 4) is 11.5 Å². The maximum Gasteiger partial charge on any atom is 0.127 e. The van der Waals surface area contributed by atoms with Crippen molar-refractivity contribution < 1.29 is 9.47 Å². The molecule has 2 heterocycles. The first-order chi connectivity index (χ1) is 12.8. The van der Waals surface area contributed by atoms with Crippen LogP contribution in [-0.4, -0.2) is 30.6 Å². The number of rotatable bonds is 5. The van der Waals surface area contributed by atoms with Gasteiger partial charge in [-0.1, -0.05) is 37.3 Å². The Labute approximate surface area is 169 Å². The molecule has 2 aromatic carbocycles. The summed E-state index contributed by atoms with van der Waals surface area (Å²) in [5.74, 6) is 2.56. The minimum atomic E-state index is 0. The van der Waals surface area contributed by atoms with E-state index >= 15 is 0 Å². The van der Waals surface area contributed by atoms with Crippen LogP contribution in [0.5, 0.6) is 11.5 Å². The Balaban J connectivity index is 0.00000210. The molecule has 146 valence electrons. The summed E-state index contributed by atoms with van der Waals surface area (Å²) < 4.78 is 12.5. The standard InChI is InChI=1S/C23H29NO2.ClH/c1-3-11-24-12-7-10-19-20(24)16-26-22-14-17(2)13-21(23(19)22)25-15-18-8-5-4-6-9-18;/h4-6,8-9,13-14,19-20H,3,7,10-12,15-16H2,1-2H3;1H/t19-,20+;/m1./s1. The van der Waals surface area contributed by atoms with Gasteiger partial charge in [0.25, 0.3) is 0 Å². The number of hydrogen-bond acceptors (Lipinski definition) is 3. The van der Waals surface area contributed by atoms with Crippen molar-refractivity contribution in [3.05, 3.63) is 59.2 Å². The Morgan fingerprint density at radius 1 is 1.19 bits per heavy atom. The Hall–Kier alpha value is -1.71. The van der Waals surface area contributed by atoms with E-state index < -0.39 is 0 Å². The fourth-order valence-electron chi connectivity index (χ4n) is 4.50. The molecule has 0 radical (unpaired) electrons. The average molecular weight is 388 g/mol. The number of hydrogen-bond donors (Lipinski definition) is 0. The number of nitrogens with zero attached hydrogens (tertiary/aromatic N) is 1. The van der Waals surface area contributed by atoms with Gasteiger partial charge in [-0.15, -0.1) is 12.4 Å². The van der Waals surface area contributed by atoms with Gasteiger partial charge < -0.3 is 9.47 Å². The van der Waals surface area contributed by atoms with Gasteiger partial charge in [-0.2, -0.15) is 0 Å². The highest BCUT2D eigenvalue weighted by Crippen LogP contribution is 2.46. The Bertz CT molecular complexity index is 748. The lowest BCUT2D eigenvalue weighted by Crippen LogP contribution is -2.49. The van der Waals surface area contributed by atoms with Gasteiger partial charge in [0.15, 0.2) is 0 Å². The van der Waals surface area contributed by atoms with Crippen molar-refractivity contribution in [3.63, 3.8) is 0 Å². The molecule has 0 N–H and O–H groups in total. The summed E-state index contributed by atoms with van der Waals surface area (Å²) in [7, 11) is 0. The number of aryl methyl sites for hydroxylation is 1. The summed E-state index contributed by atoms with van der Waals surface area (Å²) in [4.78, 5) is 2.62. The summed E-state index contributed by atoms with van der Waals surface area (Å²) >= 11 is 0. The lowest BCUT2D eigenvalue weighted by Gasteiger charge is -2.45. The average Bonchev–Trinajstić information content (AvgIpc) is 2.67. The van der Waals surface area contributed by atoms with Crippen LogP contribution >= 0.6 is 12.4 Å². The number of fused-ring (bicyclic) bond motifs is 3. The molecule has 27 heavy (non-hydrogen) atoms. The SMILES string of the molecule is CCCN1CCC[C@H]2c3c(OCc4ccccc4)cc(C)cc3OC[C@@H]21.Cl. The van der Waals surface area contributed by atoms with Crippen molar-refractivity contribution in [1.82, 2.24) is 4.90 Å². The topological polar surface area (TPSA) is 21.7 Å². The minimum Gasteiger partial charge on any atom is -0.491 e. The Kier molecular flexibility index (Phi) is 6.67. The lowest BCUT2D eigenvalue weighted by molar-refractivity contribution is 0.0640. The second-order valence-corrected chi connectivity index (χ2v) is 7.61. The van der Waals surface area contributed by atoms with Crippen molar-refractivity contribution in [2.24, 2.45) is 0 Å². The maximum absolute atomic E-state index is 6.32. The summed E-state index contributed by atoms with van der Waals surface area (Å²) in [6.45, 7) is 8.14. The smallest absolute Gasteiger partial charge is 0.127 e. The fraction of sp³-hybridized carbons (Fsp3) is 0.478. The van der Waals surface area contributed by atoms with E-state index in [0.717, 1.165) is 24.7 Å². The molecular weight excluding hydrogens is 358 g/mol. The normalized spacial score (nSPS) is 21.4. The van der Waals surface area contributed by atoms with Crippen LogP contribution in [0.4, 0.5) is 0 Å². The number of piperidine rings is 1. The first-order valence-corrected chi connectivity index (χ1v) is 9.94. The van der Waals surface area contributed by atoms with Gasteiger partial charge in [-0.25, -0.2) is 0 Å². The molecule has 4 heteroatoms. The van der Waals surface area contributed by atoms with Crippen molar-refractivity contribution >= 4 is 12.4 Å². The van der Waals surface area contributed by atoms with E-state index in [1.807, 2.05) is 6.07 Å². The molecule has 1 fully saturated rings. The second kappa shape index (κ2) is 8.99. The van der Waals surface area contributed by atoms with Gasteiger partial charge in [-0.3, -0.25) is 4.90 Å². The van der Waals surface area contributed by atoms with Crippen LogP contribution in [-0.2, 0) is 6.61 Å². The number of benzene rings is 2. The van der Waals surface area contributed by atoms with E-state index in [2.05, 4.69) is 55.1 Å². The molecule has 0 aliphatic carbocycles. The van der Waals surface area contributed by atoms with Gasteiger partial charge in [0, 0.05) is 11.5 Å². The Morgan fingerprint density at radius 3 is 2.78 bits per heavy atom. The minimum absolute atomic E-state index is 0. The second-order valence-electron chi connectivity index (χ2n) is 7.61. The highest BCUT2D eigenvalue weighted by atomic mass is 35.5. The molecule has 0 amide bonds. The first-order valence-electron chi connectivity index (χ1n) is 9.94. The zero-order valence-electron chi connectivity index (χ0n) is 16.3. The van der Waals surface area contributed by atoms with Crippen LogP contribution in [0.1, 0.15) is 48.8 Å². The predicted molar refractivity (Wildman–Crippen MR) is 112 cm³/mol. The van der Waals surface area contributed by atoms with E-state index in [-0.39, 0.29) is 12.4 Å². The first kappa shape index (κ1) is 20.0.